The summed E-state index contributed by atoms with van der Waals surface area (Å²) >= 11 is 0. The van der Waals surface area contributed by atoms with Crippen LogP contribution < -0.4 is 5.32 Å². The summed E-state index contributed by atoms with van der Waals surface area (Å²) in [5.41, 5.74) is 5.30. The highest BCUT2D eigenvalue weighted by Crippen LogP contribution is 2.53. The molecule has 1 heteroatoms. The fraction of sp³-hybridized carbons (Fsp3) is 0.647. The van der Waals surface area contributed by atoms with E-state index in [9.17, 15) is 0 Å². The van der Waals surface area contributed by atoms with Crippen molar-refractivity contribution in [2.75, 3.05) is 13.1 Å². The summed E-state index contributed by atoms with van der Waals surface area (Å²) in [6.45, 7) is 9.39. The number of aryl methyl sites for hydroxylation is 1. The molecule has 1 heterocycles. The Morgan fingerprint density at radius 1 is 1.28 bits per heavy atom. The first kappa shape index (κ1) is 12.2. The molecule has 0 unspecified atom stereocenters. The Morgan fingerprint density at radius 3 is 2.50 bits per heavy atom. The van der Waals surface area contributed by atoms with Gasteiger partial charge in [-0.15, -0.1) is 0 Å². The van der Waals surface area contributed by atoms with Crippen molar-refractivity contribution in [1.82, 2.24) is 5.32 Å². The van der Waals surface area contributed by atoms with E-state index in [1.165, 1.54) is 43.5 Å². The van der Waals surface area contributed by atoms with Crippen molar-refractivity contribution in [3.05, 3.63) is 34.9 Å². The number of rotatable bonds is 3. The van der Waals surface area contributed by atoms with E-state index in [2.05, 4.69) is 44.3 Å². The van der Waals surface area contributed by atoms with Crippen LogP contribution in [0.5, 0.6) is 0 Å². The molecule has 1 N–H and O–H groups in total. The summed E-state index contributed by atoms with van der Waals surface area (Å²) in [6.07, 6.45) is 4.02. The minimum Gasteiger partial charge on any atom is -0.316 e. The average Bonchev–Trinajstić information content (AvgIpc) is 2.17. The summed E-state index contributed by atoms with van der Waals surface area (Å²) in [5, 5.41) is 3.42. The van der Waals surface area contributed by atoms with Gasteiger partial charge < -0.3 is 5.32 Å². The van der Waals surface area contributed by atoms with Crippen LogP contribution in [-0.4, -0.2) is 13.1 Å². The largest absolute Gasteiger partial charge is 0.316 e. The fourth-order valence-electron chi connectivity index (χ4n) is 3.63. The van der Waals surface area contributed by atoms with Crippen molar-refractivity contribution in [1.29, 1.82) is 0 Å². The number of hydrogen-bond acceptors (Lipinski definition) is 1. The van der Waals surface area contributed by atoms with Crippen LogP contribution in [-0.2, 0) is 6.42 Å². The van der Waals surface area contributed by atoms with E-state index in [0.29, 0.717) is 5.41 Å². The molecule has 0 aromatic heterocycles. The average molecular weight is 243 g/mol. The zero-order valence-electron chi connectivity index (χ0n) is 11.9. The van der Waals surface area contributed by atoms with E-state index >= 15 is 0 Å². The highest BCUT2D eigenvalue weighted by atomic mass is 15.0. The third kappa shape index (κ3) is 2.09. The maximum absolute atomic E-state index is 3.42. The maximum Gasteiger partial charge on any atom is 0.00207 e. The van der Waals surface area contributed by atoms with Gasteiger partial charge in [0.05, 0.1) is 0 Å². The molecule has 1 saturated heterocycles. The monoisotopic (exact) mass is 243 g/mol. The summed E-state index contributed by atoms with van der Waals surface area (Å²) < 4.78 is 0. The van der Waals surface area contributed by atoms with Crippen molar-refractivity contribution >= 4 is 0 Å². The van der Waals surface area contributed by atoms with E-state index in [1.54, 1.807) is 5.56 Å². The molecule has 0 amide bonds. The van der Waals surface area contributed by atoms with Gasteiger partial charge in [-0.3, -0.25) is 0 Å². The number of hydrogen-bond donors (Lipinski definition) is 1. The van der Waals surface area contributed by atoms with Gasteiger partial charge in [0.25, 0.3) is 0 Å². The molecule has 1 saturated carbocycles. The Kier molecular flexibility index (Phi) is 2.97. The SMILES string of the molecule is Cc1cc(C2CC3(CNC3)C2)ccc1CC(C)C. The predicted molar refractivity (Wildman–Crippen MR) is 77.0 cm³/mol. The Morgan fingerprint density at radius 2 is 2.00 bits per heavy atom. The Bertz CT molecular complexity index is 435. The lowest BCUT2D eigenvalue weighted by Gasteiger charge is -2.54. The van der Waals surface area contributed by atoms with Gasteiger partial charge in [0, 0.05) is 13.1 Å². The van der Waals surface area contributed by atoms with Crippen molar-refractivity contribution in [3.8, 4) is 0 Å². The minimum absolute atomic E-state index is 0.690. The standard InChI is InChI=1S/C17H25N/c1-12(2)6-14-4-5-15(7-13(14)3)16-8-17(9-16)10-18-11-17/h4-5,7,12,16,18H,6,8-11H2,1-3H3. The maximum atomic E-state index is 3.42. The van der Waals surface area contributed by atoms with Gasteiger partial charge in [-0.2, -0.15) is 0 Å². The highest BCUT2D eigenvalue weighted by Gasteiger charge is 2.48. The second-order valence-corrected chi connectivity index (χ2v) is 6.99. The smallest absolute Gasteiger partial charge is 0.00207 e. The minimum atomic E-state index is 0.690. The van der Waals surface area contributed by atoms with Crippen molar-refractivity contribution in [2.45, 2.75) is 46.0 Å². The van der Waals surface area contributed by atoms with E-state index in [-0.39, 0.29) is 0 Å². The zero-order valence-corrected chi connectivity index (χ0v) is 11.9. The molecule has 1 nitrogen and oxygen atoms in total. The van der Waals surface area contributed by atoms with Crippen LogP contribution >= 0.6 is 0 Å². The third-order valence-electron chi connectivity index (χ3n) is 4.83. The van der Waals surface area contributed by atoms with Crippen molar-refractivity contribution in [3.63, 3.8) is 0 Å². The molecule has 0 radical (unpaired) electrons. The lowest BCUT2D eigenvalue weighted by atomic mass is 9.57. The van der Waals surface area contributed by atoms with E-state index in [1.807, 2.05) is 0 Å². The molecule has 1 aromatic rings. The number of nitrogens with one attached hydrogen (secondary N) is 1. The molecule has 98 valence electrons. The van der Waals surface area contributed by atoms with Crippen LogP contribution in [0.4, 0.5) is 0 Å². The van der Waals surface area contributed by atoms with Gasteiger partial charge in [0.15, 0.2) is 0 Å². The van der Waals surface area contributed by atoms with Gasteiger partial charge >= 0.3 is 0 Å². The van der Waals surface area contributed by atoms with Gasteiger partial charge in [0.1, 0.15) is 0 Å². The first-order chi connectivity index (χ1) is 8.58. The lowest BCUT2D eigenvalue weighted by molar-refractivity contribution is 0.0363. The Hall–Kier alpha value is -0.820. The van der Waals surface area contributed by atoms with Gasteiger partial charge in [-0.25, -0.2) is 0 Å². The first-order valence-corrected chi connectivity index (χ1v) is 7.38. The topological polar surface area (TPSA) is 12.0 Å². The predicted octanol–water partition coefficient (Wildman–Crippen LogP) is 3.66. The van der Waals surface area contributed by atoms with Crippen LogP contribution in [0, 0.1) is 18.3 Å². The fourth-order valence-corrected chi connectivity index (χ4v) is 3.63. The molecule has 2 aliphatic rings. The molecule has 18 heavy (non-hydrogen) atoms. The summed E-state index contributed by atoms with van der Waals surface area (Å²) in [4.78, 5) is 0. The molecule has 0 bridgehead atoms. The Balaban J connectivity index is 1.69. The molecule has 2 fully saturated rings. The third-order valence-corrected chi connectivity index (χ3v) is 4.83. The van der Waals surface area contributed by atoms with E-state index in [0.717, 1.165) is 11.8 Å². The zero-order chi connectivity index (χ0) is 12.8. The van der Waals surface area contributed by atoms with Crippen LogP contribution in [0.2, 0.25) is 0 Å². The number of benzene rings is 1. The molecule has 1 spiro atoms. The van der Waals surface area contributed by atoms with Gasteiger partial charge in [0.2, 0.25) is 0 Å². The van der Waals surface area contributed by atoms with Crippen LogP contribution in [0.15, 0.2) is 18.2 Å². The molecule has 0 atom stereocenters. The Labute approximate surface area is 111 Å². The second-order valence-electron chi connectivity index (χ2n) is 6.99. The molecule has 1 aliphatic heterocycles. The molecule has 1 aliphatic carbocycles. The molecular formula is C17H25N. The lowest BCUT2D eigenvalue weighted by Crippen LogP contribution is -2.59. The highest BCUT2D eigenvalue weighted by molar-refractivity contribution is 5.35. The quantitative estimate of drug-likeness (QED) is 0.854. The molecular weight excluding hydrogens is 218 g/mol. The summed E-state index contributed by atoms with van der Waals surface area (Å²) in [7, 11) is 0. The van der Waals surface area contributed by atoms with E-state index in [4.69, 9.17) is 0 Å². The summed E-state index contributed by atoms with van der Waals surface area (Å²) in [6, 6.07) is 7.20. The second kappa shape index (κ2) is 4.38. The van der Waals surface area contributed by atoms with Crippen molar-refractivity contribution < 1.29 is 0 Å². The normalized spacial score (nSPS) is 22.0. The van der Waals surface area contributed by atoms with Gasteiger partial charge in [-0.1, -0.05) is 32.0 Å². The summed E-state index contributed by atoms with van der Waals surface area (Å²) in [5.74, 6) is 1.58. The van der Waals surface area contributed by atoms with Gasteiger partial charge in [-0.05, 0) is 60.1 Å². The van der Waals surface area contributed by atoms with Crippen LogP contribution in [0.1, 0.15) is 49.3 Å². The molecule has 3 rings (SSSR count). The van der Waals surface area contributed by atoms with Crippen LogP contribution in [0.25, 0.3) is 0 Å². The van der Waals surface area contributed by atoms with Crippen molar-refractivity contribution in [2.24, 2.45) is 11.3 Å². The van der Waals surface area contributed by atoms with E-state index < -0.39 is 0 Å². The van der Waals surface area contributed by atoms with Crippen LogP contribution in [0.3, 0.4) is 0 Å². The first-order valence-electron chi connectivity index (χ1n) is 7.38. The molecule has 1 aromatic carbocycles.